The third kappa shape index (κ3) is 4.34. The predicted octanol–water partition coefficient (Wildman–Crippen LogP) is 2.26. The first-order chi connectivity index (χ1) is 13.0. The highest BCUT2D eigenvalue weighted by atomic mass is 32.2. The smallest absolute Gasteiger partial charge is 0.442 e. The lowest BCUT2D eigenvalue weighted by atomic mass is 10.3. The molecule has 0 bridgehead atoms. The molecule has 0 aliphatic carbocycles. The molecule has 140 valence electrons. The van der Waals surface area contributed by atoms with Crippen molar-refractivity contribution in [2.75, 3.05) is 18.2 Å². The van der Waals surface area contributed by atoms with Crippen molar-refractivity contribution in [3.8, 4) is 11.4 Å². The minimum atomic E-state index is -1.07. The van der Waals surface area contributed by atoms with Gasteiger partial charge in [-0.05, 0) is 46.0 Å². The number of H-pyrrole nitrogens is 1. The first-order valence-electron chi connectivity index (χ1n) is 7.63. The van der Waals surface area contributed by atoms with Crippen LogP contribution in [0.2, 0.25) is 0 Å². The predicted molar refractivity (Wildman–Crippen MR) is 93.1 cm³/mol. The fourth-order valence-corrected chi connectivity index (χ4v) is 2.96. The van der Waals surface area contributed by atoms with E-state index < -0.39 is 23.2 Å². The molecule has 0 spiro atoms. The van der Waals surface area contributed by atoms with Crippen LogP contribution in [0.3, 0.4) is 0 Å². The second-order valence-electron chi connectivity index (χ2n) is 5.29. The van der Waals surface area contributed by atoms with E-state index in [1.165, 1.54) is 17.9 Å². The molecule has 0 aliphatic rings. The molecule has 10 heteroatoms. The Bertz CT molecular complexity index is 1020. The highest BCUT2D eigenvalue weighted by molar-refractivity contribution is 7.99. The van der Waals surface area contributed by atoms with Crippen LogP contribution in [0, 0.1) is 11.6 Å². The number of hydrogen-bond donors (Lipinski definition) is 2. The molecule has 3 rings (SSSR count). The lowest BCUT2D eigenvalue weighted by molar-refractivity contribution is -0.704. The number of rotatable bonds is 6. The molecule has 0 aliphatic heterocycles. The SMILES string of the molecule is COc1ccc(-[n+]2[nH]oc(=O)c2SCC(=O)Nc2ccc(F)c(F)c2)cc1. The molecule has 0 saturated heterocycles. The van der Waals surface area contributed by atoms with Gasteiger partial charge in [-0.3, -0.25) is 9.32 Å². The van der Waals surface area contributed by atoms with Crippen molar-refractivity contribution < 1.29 is 27.5 Å². The zero-order valence-corrected chi connectivity index (χ0v) is 14.8. The van der Waals surface area contributed by atoms with Crippen LogP contribution in [0.1, 0.15) is 0 Å². The average molecular weight is 394 g/mol. The Morgan fingerprint density at radius 3 is 2.63 bits per heavy atom. The van der Waals surface area contributed by atoms with Crippen LogP contribution in [0.4, 0.5) is 14.5 Å². The van der Waals surface area contributed by atoms with E-state index in [0.717, 1.165) is 23.9 Å². The van der Waals surface area contributed by atoms with E-state index >= 15 is 0 Å². The molecule has 7 nitrogen and oxygen atoms in total. The van der Waals surface area contributed by atoms with E-state index in [-0.39, 0.29) is 16.5 Å². The van der Waals surface area contributed by atoms with E-state index in [2.05, 4.69) is 10.6 Å². The van der Waals surface area contributed by atoms with Gasteiger partial charge >= 0.3 is 10.7 Å². The number of carbonyl (C=O) groups excluding carboxylic acids is 1. The summed E-state index contributed by atoms with van der Waals surface area (Å²) < 4.78 is 37.4. The fourth-order valence-electron chi connectivity index (χ4n) is 2.19. The lowest BCUT2D eigenvalue weighted by Gasteiger charge is -2.04. The van der Waals surface area contributed by atoms with Crippen LogP contribution < -0.4 is 20.4 Å². The Morgan fingerprint density at radius 2 is 1.96 bits per heavy atom. The summed E-state index contributed by atoms with van der Waals surface area (Å²) in [5.74, 6) is -2.06. The maximum atomic E-state index is 13.2. The van der Waals surface area contributed by atoms with Gasteiger partial charge in [0, 0.05) is 23.9 Å². The fraction of sp³-hybridized carbons (Fsp3) is 0.118. The standard InChI is InChI=1S/C17H13F2N3O4S/c1-25-12-5-3-11(4-6-12)22-16(17(24)26-21-22)27-9-15(23)20-10-2-7-13(18)14(19)8-10/h2-8H,9H2,1H3,(H-,20,21,23,24)/p+1. The molecule has 0 saturated carbocycles. The molecule has 2 aromatic carbocycles. The molecule has 0 radical (unpaired) electrons. The Hall–Kier alpha value is -3.14. The number of ether oxygens (including phenoxy) is 1. The van der Waals surface area contributed by atoms with Gasteiger partial charge in [0.05, 0.1) is 12.9 Å². The third-order valence-electron chi connectivity index (χ3n) is 3.48. The quantitative estimate of drug-likeness (QED) is 0.495. The van der Waals surface area contributed by atoms with E-state index in [9.17, 15) is 18.4 Å². The Labute approximate surface area is 155 Å². The van der Waals surface area contributed by atoms with E-state index in [1.807, 2.05) is 0 Å². The van der Waals surface area contributed by atoms with Crippen LogP contribution in [0.5, 0.6) is 5.75 Å². The number of amides is 1. The average Bonchev–Trinajstić information content (AvgIpc) is 3.03. The summed E-state index contributed by atoms with van der Waals surface area (Å²) in [5, 5.41) is 5.04. The zero-order valence-electron chi connectivity index (χ0n) is 14.0. The van der Waals surface area contributed by atoms with E-state index in [0.29, 0.717) is 11.4 Å². The van der Waals surface area contributed by atoms with Gasteiger partial charge < -0.3 is 10.1 Å². The van der Waals surface area contributed by atoms with Crippen LogP contribution in [-0.4, -0.2) is 24.0 Å². The number of aromatic amines is 1. The third-order valence-corrected chi connectivity index (χ3v) is 4.51. The topological polar surface area (TPSA) is 88.2 Å². The maximum Gasteiger partial charge on any atom is 0.442 e. The molecular formula is C17H14F2N3O4S+. The van der Waals surface area contributed by atoms with Crippen molar-refractivity contribution in [2.45, 2.75) is 5.03 Å². The maximum absolute atomic E-state index is 13.2. The molecule has 2 N–H and O–H groups in total. The number of thioether (sulfide) groups is 1. The molecule has 0 atom stereocenters. The number of nitrogens with zero attached hydrogens (tertiary/aromatic N) is 1. The van der Waals surface area contributed by atoms with Crippen LogP contribution in [0.15, 0.2) is 56.8 Å². The molecule has 1 amide bonds. The lowest BCUT2D eigenvalue weighted by Crippen LogP contribution is -2.36. The summed E-state index contributed by atoms with van der Waals surface area (Å²) in [6, 6.07) is 9.85. The summed E-state index contributed by atoms with van der Waals surface area (Å²) >= 11 is 0.934. The number of methoxy groups -OCH3 is 1. The van der Waals surface area contributed by atoms with Gasteiger partial charge in [-0.15, -0.1) is 0 Å². The van der Waals surface area contributed by atoms with Crippen molar-refractivity contribution >= 4 is 23.4 Å². The molecule has 3 aromatic rings. The van der Waals surface area contributed by atoms with E-state index in [4.69, 9.17) is 9.26 Å². The van der Waals surface area contributed by atoms with Gasteiger partial charge in [-0.1, -0.05) is 0 Å². The van der Waals surface area contributed by atoms with E-state index in [1.54, 1.807) is 24.3 Å². The Morgan fingerprint density at radius 1 is 1.22 bits per heavy atom. The molecule has 1 aromatic heterocycles. The Balaban J connectivity index is 1.70. The summed E-state index contributed by atoms with van der Waals surface area (Å²) in [4.78, 5) is 23.9. The van der Waals surface area contributed by atoms with Crippen molar-refractivity contribution in [1.82, 2.24) is 5.27 Å². The molecular weight excluding hydrogens is 380 g/mol. The summed E-state index contributed by atoms with van der Waals surface area (Å²) in [5.41, 5.74) is 0.0743. The number of halogens is 2. The number of carbonyl (C=O) groups is 1. The molecule has 1 heterocycles. The zero-order chi connectivity index (χ0) is 19.4. The Kier molecular flexibility index (Phi) is 5.55. The second-order valence-corrected chi connectivity index (χ2v) is 6.25. The first-order valence-corrected chi connectivity index (χ1v) is 8.62. The van der Waals surface area contributed by atoms with Gasteiger partial charge in [0.2, 0.25) is 11.6 Å². The monoisotopic (exact) mass is 394 g/mol. The van der Waals surface area contributed by atoms with Crippen molar-refractivity contribution in [3.05, 3.63) is 64.5 Å². The summed E-state index contributed by atoms with van der Waals surface area (Å²) in [7, 11) is 1.54. The van der Waals surface area contributed by atoms with Crippen LogP contribution in [-0.2, 0) is 4.79 Å². The molecule has 27 heavy (non-hydrogen) atoms. The molecule has 0 unspecified atom stereocenters. The van der Waals surface area contributed by atoms with Gasteiger partial charge in [-0.2, -0.15) is 0 Å². The second kappa shape index (κ2) is 8.04. The van der Waals surface area contributed by atoms with Gasteiger partial charge in [0.1, 0.15) is 5.75 Å². The highest BCUT2D eigenvalue weighted by Crippen LogP contribution is 2.16. The number of aromatic nitrogens is 2. The van der Waals surface area contributed by atoms with Crippen molar-refractivity contribution in [3.63, 3.8) is 0 Å². The largest absolute Gasteiger partial charge is 0.497 e. The number of nitrogens with one attached hydrogen (secondary N) is 2. The molecule has 0 fully saturated rings. The van der Waals surface area contributed by atoms with Crippen molar-refractivity contribution in [1.29, 1.82) is 0 Å². The summed E-state index contributed by atoms with van der Waals surface area (Å²) in [6.07, 6.45) is 0. The van der Waals surface area contributed by atoms with Crippen LogP contribution >= 0.6 is 11.8 Å². The minimum absolute atomic E-state index is 0.114. The van der Waals surface area contributed by atoms with Crippen molar-refractivity contribution in [2.24, 2.45) is 0 Å². The van der Waals surface area contributed by atoms with Gasteiger partial charge in [-0.25, -0.2) is 13.6 Å². The number of anilines is 1. The number of benzene rings is 2. The van der Waals surface area contributed by atoms with Gasteiger partial charge in [0.15, 0.2) is 11.6 Å². The van der Waals surface area contributed by atoms with Crippen LogP contribution in [0.25, 0.3) is 5.69 Å². The first kappa shape index (κ1) is 18.6. The summed E-state index contributed by atoms with van der Waals surface area (Å²) in [6.45, 7) is 0. The highest BCUT2D eigenvalue weighted by Gasteiger charge is 2.25. The normalized spacial score (nSPS) is 10.6. The number of hydrogen-bond acceptors (Lipinski definition) is 5. The minimum Gasteiger partial charge on any atom is -0.497 e. The van der Waals surface area contributed by atoms with Gasteiger partial charge in [0.25, 0.3) is 0 Å².